The van der Waals surface area contributed by atoms with Gasteiger partial charge in [-0.15, -0.1) is 0 Å². The van der Waals surface area contributed by atoms with Gasteiger partial charge in [0.1, 0.15) is 36.3 Å². The molecule has 2 aromatic rings. The Bertz CT molecular complexity index is 1760. The van der Waals surface area contributed by atoms with Crippen molar-refractivity contribution in [1.82, 2.24) is 36.5 Å². The van der Waals surface area contributed by atoms with E-state index in [4.69, 9.17) is 11.5 Å². The quantitative estimate of drug-likeness (QED) is 0.0674. The van der Waals surface area contributed by atoms with Crippen LogP contribution in [0.3, 0.4) is 0 Å². The maximum Gasteiger partial charge on any atom is 0.326 e. The number of nitrogens with zero attached hydrogens (tertiary/aromatic N) is 1. The van der Waals surface area contributed by atoms with E-state index < -0.39 is 89.8 Å². The Morgan fingerprint density at radius 1 is 0.797 bits per heavy atom. The van der Waals surface area contributed by atoms with Crippen LogP contribution in [-0.4, -0.2) is 123 Å². The number of hydrogen-bond acceptors (Lipinski definition) is 10. The van der Waals surface area contributed by atoms with Crippen molar-refractivity contribution in [3.63, 3.8) is 0 Å². The number of para-hydroxylation sites is 1. The molecule has 328 valence electrons. The predicted octanol–water partition coefficient (Wildman–Crippen LogP) is 0.159. The highest BCUT2D eigenvalue weighted by atomic mass is 16.4. The van der Waals surface area contributed by atoms with E-state index >= 15 is 0 Å². The number of fused-ring (bicyclic) bond motifs is 1. The molecule has 1 fully saturated rings. The van der Waals surface area contributed by atoms with E-state index in [1.165, 1.54) is 18.7 Å². The average molecular weight is 828 g/mol. The van der Waals surface area contributed by atoms with Gasteiger partial charge in [0.2, 0.25) is 35.4 Å². The van der Waals surface area contributed by atoms with E-state index in [0.29, 0.717) is 31.4 Å². The average Bonchev–Trinajstić information content (AvgIpc) is 3.82. The van der Waals surface area contributed by atoms with Crippen LogP contribution in [0.4, 0.5) is 0 Å². The van der Waals surface area contributed by atoms with Crippen molar-refractivity contribution in [2.75, 3.05) is 13.1 Å². The number of carboxylic acids is 1. The second-order valence-electron chi connectivity index (χ2n) is 16.4. The number of carboxylic acid groups (broad SMARTS) is 1. The molecule has 59 heavy (non-hydrogen) atoms. The number of H-pyrrole nitrogens is 1. The fraction of sp³-hybridized carbons (Fsp3) is 0.634. The number of amides is 6. The van der Waals surface area contributed by atoms with E-state index in [2.05, 4.69) is 31.6 Å². The highest BCUT2D eigenvalue weighted by Gasteiger charge is 2.41. The second kappa shape index (κ2) is 22.9. The Morgan fingerprint density at radius 2 is 1.37 bits per heavy atom. The number of hydrogen-bond donors (Lipinski definition) is 10. The maximum absolute atomic E-state index is 14.3. The monoisotopic (exact) mass is 827 g/mol. The van der Waals surface area contributed by atoms with E-state index in [1.54, 1.807) is 6.20 Å². The molecule has 0 bridgehead atoms. The molecule has 18 heteroatoms. The third-order valence-electron chi connectivity index (χ3n) is 10.3. The van der Waals surface area contributed by atoms with Crippen LogP contribution in [0.25, 0.3) is 10.9 Å². The van der Waals surface area contributed by atoms with E-state index in [-0.39, 0.29) is 50.5 Å². The van der Waals surface area contributed by atoms with Crippen LogP contribution in [-0.2, 0) is 40.0 Å². The molecule has 1 saturated heterocycles. The fourth-order valence-corrected chi connectivity index (χ4v) is 7.13. The lowest BCUT2D eigenvalue weighted by atomic mass is 9.99. The molecule has 0 aliphatic carbocycles. The van der Waals surface area contributed by atoms with Crippen molar-refractivity contribution < 1.29 is 43.8 Å². The van der Waals surface area contributed by atoms with Crippen LogP contribution in [0, 0.1) is 11.8 Å². The summed E-state index contributed by atoms with van der Waals surface area (Å²) in [5.41, 5.74) is 12.7. The lowest BCUT2D eigenvalue weighted by molar-refractivity contribution is -0.144. The first-order valence-electron chi connectivity index (χ1n) is 20.6. The number of benzene rings is 1. The molecule has 12 N–H and O–H groups in total. The Morgan fingerprint density at radius 3 is 1.95 bits per heavy atom. The number of rotatable bonds is 23. The molecule has 0 unspecified atom stereocenters. The number of likely N-dealkylation sites (tertiary alicyclic amines) is 1. The predicted molar refractivity (Wildman–Crippen MR) is 221 cm³/mol. The van der Waals surface area contributed by atoms with Gasteiger partial charge in [0.15, 0.2) is 0 Å². The fourth-order valence-electron chi connectivity index (χ4n) is 7.13. The van der Waals surface area contributed by atoms with Gasteiger partial charge in [-0.3, -0.25) is 28.8 Å². The molecule has 3 rings (SSSR count). The van der Waals surface area contributed by atoms with Crippen LogP contribution in [0.1, 0.15) is 92.1 Å². The Labute approximate surface area is 345 Å². The third-order valence-corrected chi connectivity index (χ3v) is 10.3. The van der Waals surface area contributed by atoms with Gasteiger partial charge in [0, 0.05) is 30.1 Å². The number of carbonyl (C=O) groups is 7. The maximum atomic E-state index is 14.3. The summed E-state index contributed by atoms with van der Waals surface area (Å²) < 4.78 is 0. The molecular weight excluding hydrogens is 763 g/mol. The minimum Gasteiger partial charge on any atom is -0.480 e. The zero-order valence-corrected chi connectivity index (χ0v) is 35.1. The Kier molecular flexibility index (Phi) is 18.8. The molecule has 1 aromatic heterocycles. The molecule has 2 heterocycles. The number of aliphatic hydroxyl groups excluding tert-OH is 1. The zero-order valence-electron chi connectivity index (χ0n) is 35.1. The summed E-state index contributed by atoms with van der Waals surface area (Å²) in [6, 6.07) is -0.623. The highest BCUT2D eigenvalue weighted by Crippen LogP contribution is 2.22. The number of unbranched alkanes of at least 4 members (excludes halogenated alkanes) is 1. The molecule has 1 aromatic carbocycles. The van der Waals surface area contributed by atoms with Crippen molar-refractivity contribution >= 4 is 52.3 Å². The van der Waals surface area contributed by atoms with Crippen LogP contribution >= 0.6 is 0 Å². The number of aliphatic hydroxyl groups is 1. The van der Waals surface area contributed by atoms with Gasteiger partial charge in [0.25, 0.3) is 0 Å². The first kappa shape index (κ1) is 48.3. The summed E-state index contributed by atoms with van der Waals surface area (Å²) in [6.45, 7) is 10.8. The van der Waals surface area contributed by atoms with Gasteiger partial charge in [-0.1, -0.05) is 45.9 Å². The molecule has 18 nitrogen and oxygen atoms in total. The zero-order chi connectivity index (χ0) is 44.0. The van der Waals surface area contributed by atoms with Crippen molar-refractivity contribution in [2.45, 2.75) is 141 Å². The number of nitrogens with one attached hydrogen (secondary N) is 6. The normalized spacial score (nSPS) is 17.7. The minimum absolute atomic E-state index is 0.00440. The van der Waals surface area contributed by atoms with Crippen molar-refractivity contribution in [2.24, 2.45) is 23.3 Å². The topological polar surface area (TPSA) is 291 Å². The summed E-state index contributed by atoms with van der Waals surface area (Å²) >= 11 is 0. The SMILES string of the molecule is CC(C)C[C@H](NC(=O)[C@H](Cc1c[nH]c2ccccc12)NC(=O)[C@H](CC(C)C)NC(=O)[C@@H]1CCCN1C(=O)[C@@H](NC(=O)[C@H](C)N)[C@@H](C)O)C(=O)N[C@@H](CCCCN)C(=O)O. The van der Waals surface area contributed by atoms with Crippen LogP contribution in [0.5, 0.6) is 0 Å². The van der Waals surface area contributed by atoms with E-state index in [0.717, 1.165) is 10.9 Å². The first-order chi connectivity index (χ1) is 27.8. The van der Waals surface area contributed by atoms with Gasteiger partial charge < -0.3 is 58.1 Å². The largest absolute Gasteiger partial charge is 0.480 e. The summed E-state index contributed by atoms with van der Waals surface area (Å²) in [4.78, 5) is 98.4. The lowest BCUT2D eigenvalue weighted by Gasteiger charge is -2.31. The first-order valence-corrected chi connectivity index (χ1v) is 20.6. The highest BCUT2D eigenvalue weighted by molar-refractivity contribution is 5.97. The Balaban J connectivity index is 1.90. The molecule has 1 aliphatic rings. The molecular formula is C41H65N9O9. The summed E-state index contributed by atoms with van der Waals surface area (Å²) in [5, 5.41) is 34.4. The van der Waals surface area contributed by atoms with Crippen molar-refractivity contribution in [3.8, 4) is 0 Å². The smallest absolute Gasteiger partial charge is 0.326 e. The summed E-state index contributed by atoms with van der Waals surface area (Å²) in [5.74, 6) is -5.40. The number of carbonyl (C=O) groups excluding carboxylic acids is 6. The van der Waals surface area contributed by atoms with E-state index in [1.807, 2.05) is 52.0 Å². The second-order valence-corrected chi connectivity index (χ2v) is 16.4. The number of aromatic nitrogens is 1. The van der Waals surface area contributed by atoms with Gasteiger partial charge in [-0.25, -0.2) is 4.79 Å². The summed E-state index contributed by atoms with van der Waals surface area (Å²) in [7, 11) is 0. The minimum atomic E-state index is -1.35. The third kappa shape index (κ3) is 14.3. The van der Waals surface area contributed by atoms with Crippen molar-refractivity contribution in [1.29, 1.82) is 0 Å². The molecule has 0 radical (unpaired) electrons. The van der Waals surface area contributed by atoms with E-state index in [9.17, 15) is 43.8 Å². The lowest BCUT2D eigenvalue weighted by Crippen LogP contribution is -2.61. The van der Waals surface area contributed by atoms with Gasteiger partial charge in [-0.05, 0) is 88.8 Å². The number of aliphatic carboxylic acids is 1. The molecule has 0 saturated carbocycles. The van der Waals surface area contributed by atoms with Crippen LogP contribution in [0.2, 0.25) is 0 Å². The number of aromatic amines is 1. The van der Waals surface area contributed by atoms with Crippen LogP contribution < -0.4 is 38.1 Å². The molecule has 1 aliphatic heterocycles. The number of nitrogens with two attached hydrogens (primary N) is 2. The van der Waals surface area contributed by atoms with Crippen LogP contribution in [0.15, 0.2) is 30.5 Å². The van der Waals surface area contributed by atoms with Gasteiger partial charge in [0.05, 0.1) is 12.1 Å². The molecule has 8 atom stereocenters. The molecule has 6 amide bonds. The summed E-state index contributed by atoms with van der Waals surface area (Å²) in [6.07, 6.45) is 2.70. The Hall–Kier alpha value is -5.07. The van der Waals surface area contributed by atoms with Gasteiger partial charge >= 0.3 is 5.97 Å². The molecule has 0 spiro atoms. The standard InChI is InChI=1S/C41H65N9O9/c1-22(2)18-30(36(53)45-29(41(58)59)14-9-10-16-42)46-38(55)32(20-26-21-44-28-13-8-7-12-27(26)28)47-37(54)31(19-23(3)4)48-39(56)33-15-11-17-50(33)40(57)34(25(6)51)49-35(52)24(5)43/h7-8,12-13,21-25,29-34,44,51H,9-11,14-20,42-43H2,1-6H3,(H,45,53)(H,46,55)(H,47,54)(H,48,56)(H,49,52)(H,58,59)/t24-,25+,29-,30-,31-,32-,33-,34-/m0/s1. The van der Waals surface area contributed by atoms with Crippen molar-refractivity contribution in [3.05, 3.63) is 36.0 Å². The van der Waals surface area contributed by atoms with Gasteiger partial charge in [-0.2, -0.15) is 0 Å².